The lowest BCUT2D eigenvalue weighted by atomic mass is 10.2. The Bertz CT molecular complexity index is 823. The van der Waals surface area contributed by atoms with E-state index in [2.05, 4.69) is 31.4 Å². The van der Waals surface area contributed by atoms with E-state index in [1.165, 1.54) is 0 Å². The van der Waals surface area contributed by atoms with Crippen LogP contribution in [-0.4, -0.2) is 17.1 Å². The monoisotopic (exact) mass is 341 g/mol. The van der Waals surface area contributed by atoms with Crippen molar-refractivity contribution in [1.29, 1.82) is 0 Å². The summed E-state index contributed by atoms with van der Waals surface area (Å²) in [6.07, 6.45) is 3.49. The largest absolute Gasteiger partial charge is 0.361 e. The molecular weight excluding hydrogens is 330 g/mol. The topological polar surface area (TPSA) is 57.2 Å². The van der Waals surface area contributed by atoms with Crippen molar-refractivity contribution in [2.45, 2.75) is 0 Å². The highest BCUT2D eigenvalue weighted by Gasteiger charge is 2.04. The lowest BCUT2D eigenvalue weighted by Crippen LogP contribution is -2.17. The number of hydrogen-bond donors (Lipinski definition) is 2. The normalized spacial score (nSPS) is 11.1. The molecule has 0 spiro atoms. The van der Waals surface area contributed by atoms with Gasteiger partial charge in [0.05, 0.1) is 6.21 Å². The number of carbonyl (C=O) groups is 1. The Morgan fingerprint density at radius 3 is 2.90 bits per heavy atom. The van der Waals surface area contributed by atoms with Gasteiger partial charge in [-0.3, -0.25) is 4.79 Å². The second-order valence-corrected chi connectivity index (χ2v) is 5.41. The number of hydrogen-bond acceptors (Lipinski definition) is 2. The maximum atomic E-state index is 11.9. The summed E-state index contributed by atoms with van der Waals surface area (Å²) in [5.41, 5.74) is 5.05. The molecule has 2 N–H and O–H groups in total. The number of carbonyl (C=O) groups excluding carboxylic acids is 1. The Hall–Kier alpha value is -2.40. The van der Waals surface area contributed by atoms with Crippen LogP contribution in [0, 0.1) is 0 Å². The summed E-state index contributed by atoms with van der Waals surface area (Å²) in [7, 11) is 0. The summed E-state index contributed by atoms with van der Waals surface area (Å²) in [4.78, 5) is 15.1. The van der Waals surface area contributed by atoms with Crippen LogP contribution in [0.3, 0.4) is 0 Å². The van der Waals surface area contributed by atoms with Crippen LogP contribution < -0.4 is 5.43 Å². The van der Waals surface area contributed by atoms with Crippen molar-refractivity contribution in [2.75, 3.05) is 0 Å². The average molecular weight is 342 g/mol. The van der Waals surface area contributed by atoms with Crippen molar-refractivity contribution in [2.24, 2.45) is 5.10 Å². The fourth-order valence-corrected chi connectivity index (χ4v) is 2.45. The van der Waals surface area contributed by atoms with E-state index in [0.717, 1.165) is 20.9 Å². The van der Waals surface area contributed by atoms with Gasteiger partial charge in [0.1, 0.15) is 0 Å². The number of benzene rings is 2. The fourth-order valence-electron chi connectivity index (χ4n) is 2.06. The molecule has 1 amide bonds. The Morgan fingerprint density at radius 1 is 1.19 bits per heavy atom. The quantitative estimate of drug-likeness (QED) is 0.553. The minimum Gasteiger partial charge on any atom is -0.361 e. The van der Waals surface area contributed by atoms with Crippen molar-refractivity contribution in [3.8, 4) is 0 Å². The summed E-state index contributed by atoms with van der Waals surface area (Å²) >= 11 is 3.33. The number of rotatable bonds is 3. The number of fused-ring (bicyclic) bond motifs is 1. The number of aromatic amines is 1. The van der Waals surface area contributed by atoms with Gasteiger partial charge < -0.3 is 4.98 Å². The molecule has 0 atom stereocenters. The fraction of sp³-hybridized carbons (Fsp3) is 0. The Morgan fingerprint density at radius 2 is 2.05 bits per heavy atom. The van der Waals surface area contributed by atoms with E-state index in [1.54, 1.807) is 18.3 Å². The lowest BCUT2D eigenvalue weighted by molar-refractivity contribution is 0.0955. The zero-order valence-corrected chi connectivity index (χ0v) is 12.6. The first-order valence-electron chi connectivity index (χ1n) is 6.39. The molecular formula is C16H12BrN3O. The molecule has 0 aliphatic carbocycles. The number of nitrogens with one attached hydrogen (secondary N) is 2. The highest BCUT2D eigenvalue weighted by Crippen LogP contribution is 2.15. The number of hydrazone groups is 1. The first-order valence-corrected chi connectivity index (χ1v) is 7.18. The van der Waals surface area contributed by atoms with Gasteiger partial charge in [-0.25, -0.2) is 5.43 Å². The second-order valence-electron chi connectivity index (χ2n) is 4.50. The van der Waals surface area contributed by atoms with Crippen molar-refractivity contribution in [1.82, 2.24) is 10.4 Å². The molecule has 2 aromatic carbocycles. The van der Waals surface area contributed by atoms with Crippen molar-refractivity contribution in [3.05, 3.63) is 70.3 Å². The zero-order chi connectivity index (χ0) is 14.7. The molecule has 0 aliphatic rings. The van der Waals surface area contributed by atoms with Gasteiger partial charge >= 0.3 is 0 Å². The van der Waals surface area contributed by atoms with Gasteiger partial charge in [-0.1, -0.05) is 40.2 Å². The molecule has 0 bridgehead atoms. The average Bonchev–Trinajstić information content (AvgIpc) is 2.91. The molecule has 5 heteroatoms. The van der Waals surface area contributed by atoms with Crippen LogP contribution in [0.5, 0.6) is 0 Å². The van der Waals surface area contributed by atoms with Gasteiger partial charge in [0.2, 0.25) is 0 Å². The zero-order valence-electron chi connectivity index (χ0n) is 11.0. The Balaban J connectivity index is 1.74. The minimum atomic E-state index is -0.243. The van der Waals surface area contributed by atoms with Gasteiger partial charge in [0.25, 0.3) is 5.91 Å². The van der Waals surface area contributed by atoms with Crippen LogP contribution in [0.2, 0.25) is 0 Å². The van der Waals surface area contributed by atoms with E-state index in [0.29, 0.717) is 5.56 Å². The molecule has 0 saturated heterocycles. The third kappa shape index (κ3) is 3.03. The van der Waals surface area contributed by atoms with Crippen LogP contribution in [0.15, 0.2) is 64.3 Å². The molecule has 21 heavy (non-hydrogen) atoms. The van der Waals surface area contributed by atoms with Gasteiger partial charge in [-0.2, -0.15) is 5.10 Å². The molecule has 1 aromatic heterocycles. The number of halogens is 1. The molecule has 0 aliphatic heterocycles. The minimum absolute atomic E-state index is 0.243. The Labute approximate surface area is 130 Å². The van der Waals surface area contributed by atoms with Crippen LogP contribution in [0.1, 0.15) is 15.9 Å². The maximum Gasteiger partial charge on any atom is 0.271 e. The van der Waals surface area contributed by atoms with E-state index in [9.17, 15) is 4.79 Å². The molecule has 0 radical (unpaired) electrons. The third-order valence-electron chi connectivity index (χ3n) is 3.08. The summed E-state index contributed by atoms with van der Waals surface area (Å²) in [6, 6.07) is 15.1. The predicted octanol–water partition coefficient (Wildman–Crippen LogP) is 3.69. The summed E-state index contributed by atoms with van der Waals surface area (Å²) in [5, 5.41) is 5.08. The molecule has 3 aromatic rings. The molecule has 0 unspecified atom stereocenters. The first kappa shape index (κ1) is 13.6. The number of aromatic nitrogens is 1. The van der Waals surface area contributed by atoms with Crippen LogP contribution in [0.25, 0.3) is 10.9 Å². The highest BCUT2D eigenvalue weighted by atomic mass is 79.9. The van der Waals surface area contributed by atoms with Crippen molar-refractivity contribution in [3.63, 3.8) is 0 Å². The number of para-hydroxylation sites is 1. The van der Waals surface area contributed by atoms with Gasteiger partial charge in [0, 0.05) is 32.7 Å². The number of nitrogens with zero attached hydrogens (tertiary/aromatic N) is 1. The molecule has 104 valence electrons. The standard InChI is InChI=1S/C16H12BrN3O/c17-13-5-3-4-11(8-13)16(21)20-19-10-12-9-18-15-7-2-1-6-14(12)15/h1-10,18H,(H,20,21)/b19-10-. The Kier molecular flexibility index (Phi) is 3.83. The van der Waals surface area contributed by atoms with Crippen LogP contribution in [-0.2, 0) is 0 Å². The van der Waals surface area contributed by atoms with Gasteiger partial charge in [-0.05, 0) is 24.3 Å². The second kappa shape index (κ2) is 5.93. The molecule has 0 saturated carbocycles. The van der Waals surface area contributed by atoms with Crippen LogP contribution in [0.4, 0.5) is 0 Å². The smallest absolute Gasteiger partial charge is 0.271 e. The van der Waals surface area contributed by atoms with Crippen molar-refractivity contribution >= 4 is 39.0 Å². The van der Waals surface area contributed by atoms with E-state index < -0.39 is 0 Å². The maximum absolute atomic E-state index is 11.9. The molecule has 1 heterocycles. The van der Waals surface area contributed by atoms with Gasteiger partial charge in [0.15, 0.2) is 0 Å². The van der Waals surface area contributed by atoms with Crippen LogP contribution >= 0.6 is 15.9 Å². The van der Waals surface area contributed by atoms with Crippen molar-refractivity contribution < 1.29 is 4.79 Å². The summed E-state index contributed by atoms with van der Waals surface area (Å²) in [5.74, 6) is -0.243. The lowest BCUT2D eigenvalue weighted by Gasteiger charge is -1.99. The van der Waals surface area contributed by atoms with E-state index in [-0.39, 0.29) is 5.91 Å². The van der Waals surface area contributed by atoms with E-state index >= 15 is 0 Å². The summed E-state index contributed by atoms with van der Waals surface area (Å²) in [6.45, 7) is 0. The van der Waals surface area contributed by atoms with E-state index in [4.69, 9.17) is 0 Å². The number of H-pyrrole nitrogens is 1. The molecule has 3 rings (SSSR count). The SMILES string of the molecule is O=C(N/N=C\c1c[nH]c2ccccc12)c1cccc(Br)c1. The highest BCUT2D eigenvalue weighted by molar-refractivity contribution is 9.10. The third-order valence-corrected chi connectivity index (χ3v) is 3.57. The summed E-state index contributed by atoms with van der Waals surface area (Å²) < 4.78 is 0.857. The van der Waals surface area contributed by atoms with Gasteiger partial charge in [-0.15, -0.1) is 0 Å². The molecule has 4 nitrogen and oxygen atoms in total. The number of amides is 1. The first-order chi connectivity index (χ1) is 10.2. The van der Waals surface area contributed by atoms with E-state index in [1.807, 2.05) is 42.6 Å². The molecule has 0 fully saturated rings. The predicted molar refractivity (Wildman–Crippen MR) is 87.5 cm³/mol.